The summed E-state index contributed by atoms with van der Waals surface area (Å²) in [5.74, 6) is 0. The van der Waals surface area contributed by atoms with Gasteiger partial charge in [0.05, 0.1) is 5.69 Å². The molecule has 0 amide bonds. The van der Waals surface area contributed by atoms with Crippen molar-refractivity contribution in [2.24, 2.45) is 5.10 Å². The number of rotatable bonds is 4. The molecule has 0 radical (unpaired) electrons. The average molecular weight is 204 g/mol. The van der Waals surface area contributed by atoms with Gasteiger partial charge in [0.2, 0.25) is 0 Å². The molecule has 0 aliphatic rings. The highest BCUT2D eigenvalue weighted by atomic mass is 15.3. The van der Waals surface area contributed by atoms with Gasteiger partial charge in [0.25, 0.3) is 0 Å². The lowest BCUT2D eigenvalue weighted by molar-refractivity contribution is 1.12. The lowest BCUT2D eigenvalue weighted by Crippen LogP contribution is -2.00. The molecule has 0 aromatic heterocycles. The zero-order valence-corrected chi connectivity index (χ0v) is 10.1. The quantitative estimate of drug-likeness (QED) is 0.584. The van der Waals surface area contributed by atoms with Crippen molar-refractivity contribution in [2.45, 2.75) is 40.5 Å². The summed E-state index contributed by atoms with van der Waals surface area (Å²) in [5.41, 5.74) is 7.96. The fourth-order valence-corrected chi connectivity index (χ4v) is 1.49. The second kappa shape index (κ2) is 5.54. The first-order valence-corrected chi connectivity index (χ1v) is 5.56. The zero-order chi connectivity index (χ0) is 11.3. The smallest absolute Gasteiger partial charge is 0.0591 e. The molecule has 1 aromatic rings. The molecular weight excluding hydrogens is 184 g/mol. The summed E-state index contributed by atoms with van der Waals surface area (Å²) in [6.07, 6.45) is 2.02. The Balaban J connectivity index is 2.77. The van der Waals surface area contributed by atoms with Gasteiger partial charge in [-0.15, -0.1) is 0 Å². The molecule has 0 aliphatic heterocycles. The largest absolute Gasteiger partial charge is 0.278 e. The third-order valence-corrected chi connectivity index (χ3v) is 2.53. The van der Waals surface area contributed by atoms with Crippen LogP contribution in [0, 0.1) is 13.8 Å². The highest BCUT2D eigenvalue weighted by Crippen LogP contribution is 2.16. The van der Waals surface area contributed by atoms with Crippen molar-refractivity contribution < 1.29 is 0 Å². The van der Waals surface area contributed by atoms with Crippen LogP contribution in [0.2, 0.25) is 0 Å². The number of benzene rings is 1. The van der Waals surface area contributed by atoms with E-state index in [0.29, 0.717) is 0 Å². The van der Waals surface area contributed by atoms with Gasteiger partial charge in [-0.25, -0.2) is 0 Å². The van der Waals surface area contributed by atoms with Gasteiger partial charge < -0.3 is 0 Å². The molecule has 1 N–H and O–H groups in total. The topological polar surface area (TPSA) is 24.4 Å². The number of nitrogens with one attached hydrogen (secondary N) is 1. The van der Waals surface area contributed by atoms with Crippen LogP contribution in [-0.4, -0.2) is 5.71 Å². The molecule has 0 aliphatic carbocycles. The van der Waals surface area contributed by atoms with Crippen LogP contribution >= 0.6 is 0 Å². The minimum atomic E-state index is 1.01. The number of nitrogens with zero attached hydrogens (tertiary/aromatic N) is 1. The van der Waals surface area contributed by atoms with Gasteiger partial charge in [-0.2, -0.15) is 5.10 Å². The third kappa shape index (κ3) is 3.39. The standard InChI is InChI=1S/C13H20N2/c1-5-12(6-2)14-15-13-8-7-10(3)9-11(13)4/h7-9,15H,5-6H2,1-4H3. The van der Waals surface area contributed by atoms with Gasteiger partial charge >= 0.3 is 0 Å². The lowest BCUT2D eigenvalue weighted by atomic mass is 10.1. The molecule has 0 saturated carbocycles. The van der Waals surface area contributed by atoms with Gasteiger partial charge in [-0.3, -0.25) is 5.43 Å². The first-order chi connectivity index (χ1) is 7.17. The van der Waals surface area contributed by atoms with Crippen LogP contribution in [-0.2, 0) is 0 Å². The SMILES string of the molecule is CCC(CC)=NNc1ccc(C)cc1C. The van der Waals surface area contributed by atoms with E-state index in [4.69, 9.17) is 0 Å². The Kier molecular flexibility index (Phi) is 4.35. The molecule has 0 saturated heterocycles. The first-order valence-electron chi connectivity index (χ1n) is 5.56. The van der Waals surface area contributed by atoms with Crippen molar-refractivity contribution in [3.05, 3.63) is 29.3 Å². The molecule has 15 heavy (non-hydrogen) atoms. The van der Waals surface area contributed by atoms with Crippen molar-refractivity contribution in [3.63, 3.8) is 0 Å². The number of aryl methyl sites for hydroxylation is 2. The summed E-state index contributed by atoms with van der Waals surface area (Å²) in [6.45, 7) is 8.46. The molecule has 82 valence electrons. The van der Waals surface area contributed by atoms with Crippen molar-refractivity contribution in [1.29, 1.82) is 0 Å². The molecule has 1 aromatic carbocycles. The van der Waals surface area contributed by atoms with Gasteiger partial charge in [-0.1, -0.05) is 31.5 Å². The van der Waals surface area contributed by atoms with Crippen LogP contribution in [0.1, 0.15) is 37.8 Å². The number of hydrogen-bond donors (Lipinski definition) is 1. The summed E-state index contributed by atoms with van der Waals surface area (Å²) in [4.78, 5) is 0. The molecule has 0 spiro atoms. The van der Waals surface area contributed by atoms with Gasteiger partial charge in [0.15, 0.2) is 0 Å². The Bertz CT molecular complexity index is 348. The first kappa shape index (κ1) is 11.8. The van der Waals surface area contributed by atoms with Gasteiger partial charge in [-0.05, 0) is 38.3 Å². The monoisotopic (exact) mass is 204 g/mol. The number of anilines is 1. The van der Waals surface area contributed by atoms with E-state index in [9.17, 15) is 0 Å². The second-order valence-corrected chi connectivity index (χ2v) is 3.82. The highest BCUT2D eigenvalue weighted by molar-refractivity contribution is 5.84. The van der Waals surface area contributed by atoms with E-state index in [1.807, 2.05) is 0 Å². The van der Waals surface area contributed by atoms with Crippen molar-refractivity contribution in [3.8, 4) is 0 Å². The van der Waals surface area contributed by atoms with Crippen LogP contribution in [0.15, 0.2) is 23.3 Å². The Labute approximate surface area is 92.4 Å². The number of hydrazone groups is 1. The molecule has 2 nitrogen and oxygen atoms in total. The molecule has 2 heteroatoms. The lowest BCUT2D eigenvalue weighted by Gasteiger charge is -2.07. The second-order valence-electron chi connectivity index (χ2n) is 3.82. The Morgan fingerprint density at radius 1 is 1.20 bits per heavy atom. The van der Waals surface area contributed by atoms with E-state index in [0.717, 1.165) is 18.5 Å². The maximum Gasteiger partial charge on any atom is 0.0591 e. The summed E-state index contributed by atoms with van der Waals surface area (Å²) in [6, 6.07) is 6.34. The fourth-order valence-electron chi connectivity index (χ4n) is 1.49. The van der Waals surface area contributed by atoms with Gasteiger partial charge in [0, 0.05) is 5.71 Å². The average Bonchev–Trinajstić information content (AvgIpc) is 2.22. The summed E-state index contributed by atoms with van der Waals surface area (Å²) in [5, 5.41) is 4.39. The minimum Gasteiger partial charge on any atom is -0.278 e. The van der Waals surface area contributed by atoms with Crippen molar-refractivity contribution >= 4 is 11.4 Å². The number of hydrogen-bond acceptors (Lipinski definition) is 2. The molecule has 0 bridgehead atoms. The Morgan fingerprint density at radius 2 is 1.87 bits per heavy atom. The zero-order valence-electron chi connectivity index (χ0n) is 10.1. The third-order valence-electron chi connectivity index (χ3n) is 2.53. The highest BCUT2D eigenvalue weighted by Gasteiger charge is 1.97. The molecule has 0 atom stereocenters. The molecular formula is C13H20N2. The summed E-state index contributed by atoms with van der Waals surface area (Å²) in [7, 11) is 0. The maximum absolute atomic E-state index is 4.39. The van der Waals surface area contributed by atoms with E-state index >= 15 is 0 Å². The van der Waals surface area contributed by atoms with Crippen LogP contribution in [0.3, 0.4) is 0 Å². The van der Waals surface area contributed by atoms with Crippen molar-refractivity contribution in [1.82, 2.24) is 0 Å². The maximum atomic E-state index is 4.39. The minimum absolute atomic E-state index is 1.01. The van der Waals surface area contributed by atoms with E-state index < -0.39 is 0 Å². The van der Waals surface area contributed by atoms with Crippen LogP contribution in [0.5, 0.6) is 0 Å². The predicted molar refractivity (Wildman–Crippen MR) is 67.6 cm³/mol. The van der Waals surface area contributed by atoms with Crippen molar-refractivity contribution in [2.75, 3.05) is 5.43 Å². The van der Waals surface area contributed by atoms with E-state index in [1.165, 1.54) is 16.8 Å². The van der Waals surface area contributed by atoms with E-state index in [1.54, 1.807) is 0 Å². The normalized spacial score (nSPS) is 9.87. The van der Waals surface area contributed by atoms with Crippen LogP contribution in [0.4, 0.5) is 5.69 Å². The Morgan fingerprint density at radius 3 is 2.40 bits per heavy atom. The fraction of sp³-hybridized carbons (Fsp3) is 0.462. The van der Waals surface area contributed by atoms with Crippen LogP contribution < -0.4 is 5.43 Å². The van der Waals surface area contributed by atoms with Gasteiger partial charge in [0.1, 0.15) is 0 Å². The molecule has 0 heterocycles. The van der Waals surface area contributed by atoms with Crippen LogP contribution in [0.25, 0.3) is 0 Å². The Hall–Kier alpha value is -1.31. The summed E-state index contributed by atoms with van der Waals surface area (Å²) >= 11 is 0. The summed E-state index contributed by atoms with van der Waals surface area (Å²) < 4.78 is 0. The molecule has 0 fully saturated rings. The molecule has 1 rings (SSSR count). The van der Waals surface area contributed by atoms with E-state index in [2.05, 4.69) is 56.4 Å². The van der Waals surface area contributed by atoms with E-state index in [-0.39, 0.29) is 0 Å². The predicted octanol–water partition coefficient (Wildman–Crippen LogP) is 3.89. The molecule has 0 unspecified atom stereocenters.